The molecule has 10 nitrogen and oxygen atoms in total. The lowest BCUT2D eigenvalue weighted by molar-refractivity contribution is -0.0659. The van der Waals surface area contributed by atoms with Gasteiger partial charge in [-0.25, -0.2) is 4.79 Å². The number of fused-ring (bicyclic) bond motifs is 1. The van der Waals surface area contributed by atoms with E-state index in [-0.39, 0.29) is 34.3 Å². The quantitative estimate of drug-likeness (QED) is 0.265. The molecule has 238 valence electrons. The molecule has 0 N–H and O–H groups in total. The molecular formula is C30H46N2O8SSi2. The van der Waals surface area contributed by atoms with E-state index >= 15 is 0 Å². The second-order valence-corrected chi connectivity index (χ2v) is 22.2. The van der Waals surface area contributed by atoms with Gasteiger partial charge in [-0.3, -0.25) is 14.2 Å². The molecule has 0 bridgehead atoms. The van der Waals surface area contributed by atoms with E-state index in [0.717, 1.165) is 0 Å². The summed E-state index contributed by atoms with van der Waals surface area (Å²) in [6.07, 6.45) is 0.435. The monoisotopic (exact) mass is 650 g/mol. The fraction of sp³-hybridized carbons (Fsp3) is 0.633. The Morgan fingerprint density at radius 3 is 2.12 bits per heavy atom. The molecular weight excluding hydrogens is 605 g/mol. The van der Waals surface area contributed by atoms with Crippen LogP contribution in [0.1, 0.15) is 72.0 Å². The first-order valence-electron chi connectivity index (χ1n) is 15.0. The molecule has 0 amide bonds. The van der Waals surface area contributed by atoms with Gasteiger partial charge in [0.2, 0.25) is 0 Å². The van der Waals surface area contributed by atoms with Crippen molar-refractivity contribution in [3.05, 3.63) is 69.0 Å². The zero-order valence-corrected chi connectivity index (χ0v) is 29.5. The van der Waals surface area contributed by atoms with Crippen molar-refractivity contribution < 1.29 is 27.2 Å². The van der Waals surface area contributed by atoms with Crippen LogP contribution in [-0.4, -0.2) is 69.3 Å². The van der Waals surface area contributed by atoms with Crippen molar-refractivity contribution in [1.29, 1.82) is 0 Å². The summed E-state index contributed by atoms with van der Waals surface area (Å²) in [7, 11) is -5.82. The van der Waals surface area contributed by atoms with Crippen LogP contribution in [0.3, 0.4) is 0 Å². The van der Waals surface area contributed by atoms with E-state index < -0.39 is 58.8 Å². The lowest BCUT2D eigenvalue weighted by Crippen LogP contribution is -2.66. The second-order valence-electron chi connectivity index (χ2n) is 12.5. The zero-order valence-electron chi connectivity index (χ0n) is 26.6. The smallest absolute Gasteiger partial charge is 0.340 e. The topological polar surface area (TPSA) is 107 Å². The molecule has 0 spiro atoms. The minimum Gasteiger partial charge on any atom is -0.414 e. The van der Waals surface area contributed by atoms with Crippen LogP contribution in [0.25, 0.3) is 0 Å². The minimum absolute atomic E-state index is 0.0904. The Bertz CT molecular complexity index is 1360. The molecule has 3 heterocycles. The Morgan fingerprint density at radius 1 is 0.953 bits per heavy atom. The van der Waals surface area contributed by atoms with Crippen LogP contribution >= 0.6 is 11.8 Å². The van der Waals surface area contributed by atoms with E-state index in [9.17, 15) is 14.4 Å². The van der Waals surface area contributed by atoms with Crippen molar-refractivity contribution in [2.24, 2.45) is 0 Å². The first kappa shape index (κ1) is 34.0. The number of carbonyl (C=O) groups excluding carboxylic acids is 1. The van der Waals surface area contributed by atoms with Crippen LogP contribution in [0.15, 0.2) is 52.2 Å². The van der Waals surface area contributed by atoms with Crippen molar-refractivity contribution in [3.8, 4) is 0 Å². The molecule has 1 aromatic heterocycles. The van der Waals surface area contributed by atoms with Crippen molar-refractivity contribution in [1.82, 2.24) is 9.13 Å². The highest BCUT2D eigenvalue weighted by atomic mass is 32.2. The van der Waals surface area contributed by atoms with Gasteiger partial charge in [0.25, 0.3) is 11.5 Å². The predicted molar refractivity (Wildman–Crippen MR) is 172 cm³/mol. The highest BCUT2D eigenvalue weighted by Gasteiger charge is 2.62. The molecule has 1 aromatic carbocycles. The number of hydrogen-bond donors (Lipinski definition) is 0. The number of nitrogens with zero attached hydrogens (tertiary/aromatic N) is 2. The molecule has 4 rings (SSSR count). The normalized spacial score (nSPS) is 25.2. The predicted octanol–water partition coefficient (Wildman–Crippen LogP) is 5.26. The molecule has 2 saturated heterocycles. The van der Waals surface area contributed by atoms with Gasteiger partial charge in [-0.15, -0.1) is 11.8 Å². The molecule has 13 heteroatoms. The number of rotatable bonds is 9. The average Bonchev–Trinajstić information content (AvgIpc) is 3.27. The van der Waals surface area contributed by atoms with E-state index in [1.54, 1.807) is 30.3 Å². The number of thioether (sulfide) groups is 1. The van der Waals surface area contributed by atoms with Crippen LogP contribution in [0.2, 0.25) is 22.2 Å². The Kier molecular flexibility index (Phi) is 10.8. The van der Waals surface area contributed by atoms with Crippen LogP contribution in [-0.2, 0) is 22.4 Å². The molecule has 0 aliphatic carbocycles. The molecule has 0 saturated carbocycles. The minimum atomic E-state index is -3.00. The van der Waals surface area contributed by atoms with Gasteiger partial charge < -0.3 is 22.4 Å². The van der Waals surface area contributed by atoms with Crippen LogP contribution < -0.4 is 11.2 Å². The third kappa shape index (κ3) is 6.32. The van der Waals surface area contributed by atoms with Gasteiger partial charge in [0.15, 0.2) is 6.23 Å². The summed E-state index contributed by atoms with van der Waals surface area (Å²) in [6.45, 7) is 17.4. The Labute approximate surface area is 260 Å². The summed E-state index contributed by atoms with van der Waals surface area (Å²) in [4.78, 5) is 40.0. The van der Waals surface area contributed by atoms with Crippen molar-refractivity contribution in [2.45, 2.75) is 102 Å². The largest absolute Gasteiger partial charge is 0.414 e. The zero-order chi connectivity index (χ0) is 31.7. The van der Waals surface area contributed by atoms with Gasteiger partial charge in [-0.2, -0.15) is 4.57 Å². The molecule has 0 unspecified atom stereocenters. The first-order valence-corrected chi connectivity index (χ1v) is 20.4. The SMILES string of the molecule is CSCO[C@@H]1[C@@H]2O[Si](C(C)C)(C(C)C)O[Si](C(C)C)(C(C)C)OC[C@H]2O[C@H]1n1ccc(=O)n(C(=O)c2ccccc2)c1=O. The lowest BCUT2D eigenvalue weighted by atomic mass is 10.1. The summed E-state index contributed by atoms with van der Waals surface area (Å²) in [5, 5.41) is 0. The van der Waals surface area contributed by atoms with Crippen LogP contribution in [0, 0.1) is 0 Å². The number of ether oxygens (including phenoxy) is 2. The maximum Gasteiger partial charge on any atom is 0.340 e. The highest BCUT2D eigenvalue weighted by Crippen LogP contribution is 2.48. The average molecular weight is 651 g/mol. The molecule has 2 fully saturated rings. The van der Waals surface area contributed by atoms with Crippen LogP contribution in [0.5, 0.6) is 0 Å². The summed E-state index contributed by atoms with van der Waals surface area (Å²) in [6, 6.07) is 9.45. The molecule has 43 heavy (non-hydrogen) atoms. The fourth-order valence-corrected chi connectivity index (χ4v) is 17.8. The fourth-order valence-electron chi connectivity index (χ4n) is 6.25. The van der Waals surface area contributed by atoms with E-state index in [0.29, 0.717) is 10.5 Å². The van der Waals surface area contributed by atoms with E-state index in [2.05, 4.69) is 55.4 Å². The summed E-state index contributed by atoms with van der Waals surface area (Å²) in [5.41, 5.74) is -0.795. The third-order valence-electron chi connectivity index (χ3n) is 8.50. The van der Waals surface area contributed by atoms with Gasteiger partial charge in [0.05, 0.1) is 12.5 Å². The maximum atomic E-state index is 13.9. The molecule has 4 atom stereocenters. The molecule has 0 radical (unpaired) electrons. The van der Waals surface area contributed by atoms with Gasteiger partial charge in [-0.05, 0) is 40.6 Å². The first-order chi connectivity index (χ1) is 20.3. The number of benzene rings is 1. The number of aromatic nitrogens is 2. The van der Waals surface area contributed by atoms with Crippen molar-refractivity contribution >= 4 is 34.8 Å². The Balaban J connectivity index is 1.84. The Morgan fingerprint density at radius 2 is 1.56 bits per heavy atom. The van der Waals surface area contributed by atoms with Crippen molar-refractivity contribution in [3.63, 3.8) is 0 Å². The van der Waals surface area contributed by atoms with Gasteiger partial charge in [0.1, 0.15) is 18.3 Å². The maximum absolute atomic E-state index is 13.9. The molecule has 2 aromatic rings. The number of carbonyl (C=O) groups is 1. The van der Waals surface area contributed by atoms with E-state index in [4.69, 9.17) is 22.4 Å². The van der Waals surface area contributed by atoms with Gasteiger partial charge in [-0.1, -0.05) is 73.6 Å². The second kappa shape index (κ2) is 13.6. The van der Waals surface area contributed by atoms with E-state index in [1.807, 2.05) is 6.26 Å². The van der Waals surface area contributed by atoms with E-state index in [1.165, 1.54) is 28.6 Å². The third-order valence-corrected chi connectivity index (χ3v) is 19.1. The summed E-state index contributed by atoms with van der Waals surface area (Å²) in [5.74, 6) is -0.385. The highest BCUT2D eigenvalue weighted by molar-refractivity contribution is 7.98. The number of hydrogen-bond acceptors (Lipinski definition) is 9. The van der Waals surface area contributed by atoms with Gasteiger partial charge in [0, 0.05) is 17.8 Å². The summed E-state index contributed by atoms with van der Waals surface area (Å²) >= 11 is 1.49. The van der Waals surface area contributed by atoms with Crippen LogP contribution in [0.4, 0.5) is 0 Å². The van der Waals surface area contributed by atoms with Crippen molar-refractivity contribution in [2.75, 3.05) is 18.8 Å². The standard InChI is InChI=1S/C30H46N2O8SSi2/c1-19(2)42(20(3)4)37-17-24-26(39-43(40-42,21(5)6)22(7)8)27(36-18-41-9)29(38-24)31-16-15-25(33)32(30(31)35)28(34)23-13-11-10-12-14-23/h10-16,19-22,24,26-27,29H,17-18H2,1-9H3/t24-,26-,27-,29-/m1/s1. The Hall–Kier alpha value is -1.85. The lowest BCUT2D eigenvalue weighted by Gasteiger charge is -2.51. The molecule has 2 aliphatic heterocycles. The summed E-state index contributed by atoms with van der Waals surface area (Å²) < 4.78 is 36.3. The van der Waals surface area contributed by atoms with Gasteiger partial charge >= 0.3 is 22.8 Å². The molecule has 2 aliphatic rings.